The Bertz CT molecular complexity index is 583. The first-order valence-corrected chi connectivity index (χ1v) is 8.74. The van der Waals surface area contributed by atoms with Crippen molar-refractivity contribution in [3.05, 3.63) is 28.2 Å². The summed E-state index contributed by atoms with van der Waals surface area (Å²) in [4.78, 5) is 11.9. The Balaban J connectivity index is 2.90. The number of rotatable bonds is 6. The molecule has 1 amide bonds. The molecule has 1 aromatic rings. The normalized spacial score (nSPS) is 11.7. The van der Waals surface area contributed by atoms with Crippen molar-refractivity contribution >= 4 is 31.9 Å². The number of nitrogens with one attached hydrogen (secondary N) is 1. The minimum absolute atomic E-state index is 0.0901. The van der Waals surface area contributed by atoms with Crippen LogP contribution in [0.4, 0.5) is 0 Å². The van der Waals surface area contributed by atoms with E-state index in [1.165, 1.54) is 12.1 Å². The lowest BCUT2D eigenvalue weighted by Gasteiger charge is -2.13. The highest BCUT2D eigenvalue weighted by Gasteiger charge is 2.16. The van der Waals surface area contributed by atoms with Crippen molar-refractivity contribution in [1.29, 1.82) is 0 Å². The van der Waals surface area contributed by atoms with Gasteiger partial charge in [-0.15, -0.1) is 0 Å². The summed E-state index contributed by atoms with van der Waals surface area (Å²) in [7, 11) is -3.86. The molecule has 1 rings (SSSR count). The summed E-state index contributed by atoms with van der Waals surface area (Å²) < 4.78 is 23.2. The average Bonchev–Trinajstić information content (AvgIpc) is 2.38. The maximum Gasteiger partial charge on any atom is 0.251 e. The molecule has 0 aromatic heterocycles. The fourth-order valence-corrected chi connectivity index (χ4v) is 3.33. The molecule has 1 aromatic carbocycles. The second-order valence-corrected chi connectivity index (χ2v) is 6.97. The number of primary sulfonamides is 1. The predicted octanol–water partition coefficient (Wildman–Crippen LogP) is 2.26. The smallest absolute Gasteiger partial charge is 0.251 e. The number of carbonyl (C=O) groups excluding carboxylic acids is 1. The van der Waals surface area contributed by atoms with Gasteiger partial charge in [-0.25, -0.2) is 13.6 Å². The molecule has 0 saturated carbocycles. The Morgan fingerprint density at radius 3 is 2.45 bits per heavy atom. The monoisotopic (exact) mass is 362 g/mol. The van der Waals surface area contributed by atoms with Crippen LogP contribution < -0.4 is 10.5 Å². The van der Waals surface area contributed by atoms with Crippen LogP contribution in [-0.2, 0) is 10.0 Å². The van der Waals surface area contributed by atoms with Gasteiger partial charge in [-0.2, -0.15) is 0 Å². The summed E-state index contributed by atoms with van der Waals surface area (Å²) in [5.74, 6) is 0.126. The topological polar surface area (TPSA) is 89.3 Å². The van der Waals surface area contributed by atoms with Crippen LogP contribution in [-0.4, -0.2) is 20.9 Å². The Hall–Kier alpha value is -0.920. The van der Waals surface area contributed by atoms with Crippen LogP contribution >= 0.6 is 15.9 Å². The molecule has 0 spiro atoms. The van der Waals surface area contributed by atoms with Crippen LogP contribution in [0.15, 0.2) is 27.6 Å². The van der Waals surface area contributed by atoms with Crippen molar-refractivity contribution in [3.63, 3.8) is 0 Å². The third kappa shape index (κ3) is 4.57. The van der Waals surface area contributed by atoms with Crippen LogP contribution in [0, 0.1) is 5.92 Å². The van der Waals surface area contributed by atoms with E-state index in [2.05, 4.69) is 35.1 Å². The Labute approximate surface area is 128 Å². The van der Waals surface area contributed by atoms with Crippen LogP contribution in [0.1, 0.15) is 37.0 Å². The fraction of sp³-hybridized carbons (Fsp3) is 0.462. The van der Waals surface area contributed by atoms with E-state index in [-0.39, 0.29) is 16.4 Å². The number of benzene rings is 1. The largest absolute Gasteiger partial charge is 0.352 e. The van der Waals surface area contributed by atoms with E-state index in [4.69, 9.17) is 5.14 Å². The zero-order chi connectivity index (χ0) is 15.3. The molecule has 0 unspecified atom stereocenters. The molecule has 0 fully saturated rings. The molecule has 7 heteroatoms. The minimum Gasteiger partial charge on any atom is -0.352 e. The first-order chi connectivity index (χ1) is 9.29. The van der Waals surface area contributed by atoms with Crippen molar-refractivity contribution in [1.82, 2.24) is 5.32 Å². The van der Waals surface area contributed by atoms with E-state index >= 15 is 0 Å². The van der Waals surface area contributed by atoms with Gasteiger partial charge in [0.1, 0.15) is 0 Å². The van der Waals surface area contributed by atoms with Gasteiger partial charge in [0.25, 0.3) is 5.91 Å². The van der Waals surface area contributed by atoms with Crippen molar-refractivity contribution in [2.75, 3.05) is 6.54 Å². The van der Waals surface area contributed by atoms with E-state index < -0.39 is 10.0 Å². The summed E-state index contributed by atoms with van der Waals surface area (Å²) in [6.07, 6.45) is 1.97. The number of hydrogen-bond acceptors (Lipinski definition) is 3. The molecule has 0 radical (unpaired) electrons. The first-order valence-electron chi connectivity index (χ1n) is 6.40. The zero-order valence-corrected chi connectivity index (χ0v) is 13.9. The molecule has 0 heterocycles. The quantitative estimate of drug-likeness (QED) is 0.813. The predicted molar refractivity (Wildman–Crippen MR) is 81.9 cm³/mol. The molecule has 0 aliphatic rings. The number of carbonyl (C=O) groups is 1. The van der Waals surface area contributed by atoms with Gasteiger partial charge in [0.15, 0.2) is 0 Å². The van der Waals surface area contributed by atoms with Gasteiger partial charge >= 0.3 is 0 Å². The number of nitrogens with two attached hydrogens (primary N) is 1. The molecule has 0 atom stereocenters. The van der Waals surface area contributed by atoms with E-state index in [0.29, 0.717) is 16.9 Å². The molecule has 3 N–H and O–H groups in total. The van der Waals surface area contributed by atoms with Gasteiger partial charge in [0.05, 0.1) is 4.90 Å². The number of hydrogen-bond donors (Lipinski definition) is 2. The lowest BCUT2D eigenvalue weighted by Crippen LogP contribution is -2.29. The molecule has 0 aliphatic heterocycles. The van der Waals surface area contributed by atoms with Crippen LogP contribution in [0.2, 0.25) is 0 Å². The van der Waals surface area contributed by atoms with Crippen molar-refractivity contribution < 1.29 is 13.2 Å². The third-order valence-corrected chi connectivity index (χ3v) is 5.11. The average molecular weight is 363 g/mol. The summed E-state index contributed by atoms with van der Waals surface area (Å²) in [6.45, 7) is 4.71. The number of halogens is 1. The summed E-state index contributed by atoms with van der Waals surface area (Å²) in [5, 5.41) is 7.91. The molecule has 0 bridgehead atoms. The molecule has 0 aliphatic carbocycles. The highest BCUT2D eigenvalue weighted by atomic mass is 79.9. The summed E-state index contributed by atoms with van der Waals surface area (Å²) >= 11 is 3.11. The lowest BCUT2D eigenvalue weighted by atomic mass is 10.0. The van der Waals surface area contributed by atoms with E-state index in [1.807, 2.05) is 0 Å². The van der Waals surface area contributed by atoms with Crippen molar-refractivity contribution in [2.24, 2.45) is 11.1 Å². The molecule has 5 nitrogen and oxygen atoms in total. The maximum absolute atomic E-state index is 12.0. The Morgan fingerprint density at radius 2 is 1.95 bits per heavy atom. The zero-order valence-electron chi connectivity index (χ0n) is 11.5. The van der Waals surface area contributed by atoms with E-state index in [0.717, 1.165) is 12.8 Å². The summed E-state index contributed by atoms with van der Waals surface area (Å²) in [6, 6.07) is 4.34. The maximum atomic E-state index is 12.0. The Kier molecular flexibility index (Phi) is 6.16. The SMILES string of the molecule is CCC(CC)CNC(=O)c1ccc(Br)c(S(N)(=O)=O)c1. The molecular weight excluding hydrogens is 344 g/mol. The van der Waals surface area contributed by atoms with Gasteiger partial charge in [-0.1, -0.05) is 26.7 Å². The van der Waals surface area contributed by atoms with Crippen molar-refractivity contribution in [2.45, 2.75) is 31.6 Å². The van der Waals surface area contributed by atoms with Crippen LogP contribution in [0.3, 0.4) is 0 Å². The van der Waals surface area contributed by atoms with E-state index in [1.54, 1.807) is 6.07 Å². The standard InChI is InChI=1S/C13H19BrN2O3S/c1-3-9(4-2)8-16-13(17)10-5-6-11(14)12(7-10)20(15,18)19/h5-7,9H,3-4,8H2,1-2H3,(H,16,17)(H2,15,18,19). The minimum atomic E-state index is -3.86. The summed E-state index contributed by atoms with van der Waals surface area (Å²) in [5.41, 5.74) is 0.281. The van der Waals surface area contributed by atoms with Crippen molar-refractivity contribution in [3.8, 4) is 0 Å². The van der Waals surface area contributed by atoms with Crippen LogP contribution in [0.25, 0.3) is 0 Å². The van der Waals surface area contributed by atoms with Gasteiger partial charge in [0.2, 0.25) is 10.0 Å². The van der Waals surface area contributed by atoms with Gasteiger partial charge in [-0.3, -0.25) is 4.79 Å². The van der Waals surface area contributed by atoms with Gasteiger partial charge < -0.3 is 5.32 Å². The van der Waals surface area contributed by atoms with E-state index in [9.17, 15) is 13.2 Å². The second-order valence-electron chi connectivity index (χ2n) is 4.58. The first kappa shape index (κ1) is 17.1. The molecule has 112 valence electrons. The van der Waals surface area contributed by atoms with Gasteiger partial charge in [-0.05, 0) is 40.0 Å². The molecular formula is C13H19BrN2O3S. The lowest BCUT2D eigenvalue weighted by molar-refractivity contribution is 0.0946. The second kappa shape index (κ2) is 7.19. The highest BCUT2D eigenvalue weighted by molar-refractivity contribution is 9.10. The molecule has 20 heavy (non-hydrogen) atoms. The number of amides is 1. The third-order valence-electron chi connectivity index (χ3n) is 3.21. The highest BCUT2D eigenvalue weighted by Crippen LogP contribution is 2.22. The fourth-order valence-electron chi connectivity index (χ4n) is 1.78. The van der Waals surface area contributed by atoms with Crippen LogP contribution in [0.5, 0.6) is 0 Å². The van der Waals surface area contributed by atoms with Gasteiger partial charge in [0, 0.05) is 16.6 Å². The molecule has 0 saturated heterocycles. The Morgan fingerprint density at radius 1 is 1.35 bits per heavy atom. The number of sulfonamides is 1.